The van der Waals surface area contributed by atoms with Crippen LogP contribution in [0.3, 0.4) is 0 Å². The number of carbonyl (C=O) groups is 1. The second-order valence-electron chi connectivity index (χ2n) is 3.32. The molecule has 1 aromatic rings. The highest BCUT2D eigenvalue weighted by atomic mass is 19.1. The quantitative estimate of drug-likeness (QED) is 0.781. The summed E-state index contributed by atoms with van der Waals surface area (Å²) in [7, 11) is 0. The number of nitrogens with zero attached hydrogens (tertiary/aromatic N) is 1. The Bertz CT molecular complexity index is 379. The molecule has 1 N–H and O–H groups in total. The molecule has 0 saturated carbocycles. The number of urea groups is 1. The molecule has 4 heteroatoms. The van der Waals surface area contributed by atoms with E-state index in [9.17, 15) is 9.18 Å². The van der Waals surface area contributed by atoms with Crippen LogP contribution in [0.15, 0.2) is 18.2 Å². The van der Waals surface area contributed by atoms with Gasteiger partial charge in [0.25, 0.3) is 0 Å². The number of anilines is 1. The van der Waals surface area contributed by atoms with Crippen molar-refractivity contribution in [3.63, 3.8) is 0 Å². The van der Waals surface area contributed by atoms with Crippen molar-refractivity contribution >= 4 is 11.7 Å². The minimum atomic E-state index is -0.276. The lowest BCUT2D eigenvalue weighted by Gasteiger charge is -2.14. The van der Waals surface area contributed by atoms with E-state index >= 15 is 0 Å². The molecule has 0 atom stereocenters. The minimum Gasteiger partial charge on any atom is -0.336 e. The predicted molar refractivity (Wildman–Crippen MR) is 63.2 cm³/mol. The molecule has 0 aromatic heterocycles. The maximum atomic E-state index is 13.2. The molecule has 0 unspecified atom stereocenters. The SMILES string of the molecule is CC.Cc1ccc(N2CCNC2=O)cc1F. The van der Waals surface area contributed by atoms with E-state index in [0.717, 1.165) is 0 Å². The highest BCUT2D eigenvalue weighted by Crippen LogP contribution is 2.19. The second kappa shape index (κ2) is 5.49. The van der Waals surface area contributed by atoms with Crippen LogP contribution >= 0.6 is 0 Å². The van der Waals surface area contributed by atoms with Crippen LogP contribution in [0.1, 0.15) is 19.4 Å². The Kier molecular flexibility index (Phi) is 4.28. The smallest absolute Gasteiger partial charge is 0.321 e. The molecule has 2 amide bonds. The van der Waals surface area contributed by atoms with Gasteiger partial charge in [-0.1, -0.05) is 19.9 Å². The molecule has 1 heterocycles. The van der Waals surface area contributed by atoms with Gasteiger partial charge in [0.05, 0.1) is 0 Å². The molecule has 88 valence electrons. The van der Waals surface area contributed by atoms with Crippen molar-refractivity contribution in [3.8, 4) is 0 Å². The van der Waals surface area contributed by atoms with Gasteiger partial charge in [-0.25, -0.2) is 9.18 Å². The van der Waals surface area contributed by atoms with Crippen molar-refractivity contribution in [1.82, 2.24) is 5.32 Å². The Morgan fingerprint density at radius 1 is 1.38 bits per heavy atom. The maximum absolute atomic E-state index is 13.2. The van der Waals surface area contributed by atoms with Crippen molar-refractivity contribution in [2.45, 2.75) is 20.8 Å². The van der Waals surface area contributed by atoms with Gasteiger partial charge in [0.2, 0.25) is 0 Å². The zero-order chi connectivity index (χ0) is 12.1. The van der Waals surface area contributed by atoms with E-state index in [0.29, 0.717) is 24.3 Å². The van der Waals surface area contributed by atoms with E-state index in [2.05, 4.69) is 5.32 Å². The third kappa shape index (κ3) is 2.51. The van der Waals surface area contributed by atoms with Gasteiger partial charge in [0.1, 0.15) is 5.82 Å². The van der Waals surface area contributed by atoms with Crippen LogP contribution in [0.2, 0.25) is 0 Å². The zero-order valence-electron chi connectivity index (χ0n) is 9.88. The first-order valence-corrected chi connectivity index (χ1v) is 5.50. The summed E-state index contributed by atoms with van der Waals surface area (Å²) in [4.78, 5) is 12.8. The predicted octanol–water partition coefficient (Wildman–Crippen LogP) is 2.69. The van der Waals surface area contributed by atoms with Gasteiger partial charge in [-0.3, -0.25) is 4.90 Å². The summed E-state index contributed by atoms with van der Waals surface area (Å²) >= 11 is 0. The maximum Gasteiger partial charge on any atom is 0.321 e. The number of hydrogen-bond donors (Lipinski definition) is 1. The second-order valence-corrected chi connectivity index (χ2v) is 3.32. The molecule has 0 aliphatic carbocycles. The number of hydrogen-bond acceptors (Lipinski definition) is 1. The number of halogens is 1. The van der Waals surface area contributed by atoms with E-state index in [-0.39, 0.29) is 11.8 Å². The van der Waals surface area contributed by atoms with Crippen molar-refractivity contribution in [2.75, 3.05) is 18.0 Å². The van der Waals surface area contributed by atoms with Crippen molar-refractivity contribution in [1.29, 1.82) is 0 Å². The van der Waals surface area contributed by atoms with E-state index < -0.39 is 0 Å². The number of rotatable bonds is 1. The first-order valence-electron chi connectivity index (χ1n) is 5.50. The molecule has 0 spiro atoms. The largest absolute Gasteiger partial charge is 0.336 e. The normalized spacial score (nSPS) is 14.2. The van der Waals surface area contributed by atoms with Gasteiger partial charge in [0.15, 0.2) is 0 Å². The lowest BCUT2D eigenvalue weighted by molar-refractivity contribution is 0.252. The summed E-state index contributed by atoms with van der Waals surface area (Å²) in [6.07, 6.45) is 0. The van der Waals surface area contributed by atoms with Gasteiger partial charge in [-0.2, -0.15) is 0 Å². The first-order chi connectivity index (χ1) is 7.68. The third-order valence-corrected chi connectivity index (χ3v) is 2.32. The fraction of sp³-hybridized carbons (Fsp3) is 0.417. The van der Waals surface area contributed by atoms with Crippen molar-refractivity contribution in [2.24, 2.45) is 0 Å². The summed E-state index contributed by atoms with van der Waals surface area (Å²) in [6, 6.07) is 4.66. The van der Waals surface area contributed by atoms with Crippen molar-refractivity contribution in [3.05, 3.63) is 29.6 Å². The summed E-state index contributed by atoms with van der Waals surface area (Å²) < 4.78 is 13.2. The number of amides is 2. The van der Waals surface area contributed by atoms with Gasteiger partial charge in [-0.15, -0.1) is 0 Å². The van der Waals surface area contributed by atoms with E-state index in [1.807, 2.05) is 13.8 Å². The van der Waals surface area contributed by atoms with Gasteiger partial charge < -0.3 is 5.32 Å². The van der Waals surface area contributed by atoms with Crippen LogP contribution in [-0.4, -0.2) is 19.1 Å². The fourth-order valence-corrected chi connectivity index (χ4v) is 1.47. The van der Waals surface area contributed by atoms with Crippen LogP contribution in [0, 0.1) is 12.7 Å². The van der Waals surface area contributed by atoms with Crippen LogP contribution in [0.25, 0.3) is 0 Å². The van der Waals surface area contributed by atoms with E-state index in [4.69, 9.17) is 0 Å². The number of benzene rings is 1. The van der Waals surface area contributed by atoms with Crippen LogP contribution in [-0.2, 0) is 0 Å². The number of nitrogens with one attached hydrogen (secondary N) is 1. The molecule has 1 saturated heterocycles. The Hall–Kier alpha value is -1.58. The summed E-state index contributed by atoms with van der Waals surface area (Å²) in [5.41, 5.74) is 1.21. The first kappa shape index (κ1) is 12.5. The highest BCUT2D eigenvalue weighted by Gasteiger charge is 2.21. The topological polar surface area (TPSA) is 32.3 Å². The van der Waals surface area contributed by atoms with E-state index in [1.165, 1.54) is 11.0 Å². The van der Waals surface area contributed by atoms with Crippen molar-refractivity contribution < 1.29 is 9.18 Å². The molecule has 2 rings (SSSR count). The molecular formula is C12H17FN2O. The lowest BCUT2D eigenvalue weighted by Crippen LogP contribution is -2.27. The molecule has 3 nitrogen and oxygen atoms in total. The summed E-state index contributed by atoms with van der Waals surface area (Å²) in [5, 5.41) is 2.67. The van der Waals surface area contributed by atoms with Crippen LogP contribution in [0.4, 0.5) is 14.9 Å². The molecule has 1 aliphatic rings. The Morgan fingerprint density at radius 3 is 2.56 bits per heavy atom. The molecule has 0 radical (unpaired) electrons. The molecule has 0 bridgehead atoms. The van der Waals surface area contributed by atoms with Crippen LogP contribution in [0.5, 0.6) is 0 Å². The Morgan fingerprint density at radius 2 is 2.06 bits per heavy atom. The standard InChI is InChI=1S/C10H11FN2O.C2H6/c1-7-2-3-8(6-9(7)11)13-5-4-12-10(13)14;1-2/h2-3,6H,4-5H2,1H3,(H,12,14);1-2H3. The average Bonchev–Trinajstić information content (AvgIpc) is 2.72. The monoisotopic (exact) mass is 224 g/mol. The fourth-order valence-electron chi connectivity index (χ4n) is 1.47. The average molecular weight is 224 g/mol. The molecule has 16 heavy (non-hydrogen) atoms. The highest BCUT2D eigenvalue weighted by molar-refractivity contribution is 5.93. The summed E-state index contributed by atoms with van der Waals surface area (Å²) in [5.74, 6) is -0.276. The molecular weight excluding hydrogens is 207 g/mol. The summed E-state index contributed by atoms with van der Waals surface area (Å²) in [6.45, 7) is 6.92. The van der Waals surface area contributed by atoms with Gasteiger partial charge in [-0.05, 0) is 24.6 Å². The number of carbonyl (C=O) groups excluding carboxylic acids is 1. The van der Waals surface area contributed by atoms with Gasteiger partial charge in [0, 0.05) is 18.8 Å². The molecule has 1 fully saturated rings. The van der Waals surface area contributed by atoms with Gasteiger partial charge >= 0.3 is 6.03 Å². The molecule has 1 aromatic carbocycles. The minimum absolute atomic E-state index is 0.159. The Labute approximate surface area is 95.3 Å². The number of aryl methyl sites for hydroxylation is 1. The van der Waals surface area contributed by atoms with E-state index in [1.54, 1.807) is 19.1 Å². The third-order valence-electron chi connectivity index (χ3n) is 2.32. The Balaban J connectivity index is 0.000000606. The van der Waals surface area contributed by atoms with Crippen LogP contribution < -0.4 is 10.2 Å². The zero-order valence-corrected chi connectivity index (χ0v) is 9.88. The molecule has 1 aliphatic heterocycles. The lowest BCUT2D eigenvalue weighted by atomic mass is 10.2.